The van der Waals surface area contributed by atoms with E-state index in [0.717, 1.165) is 79.2 Å². The molecule has 1 atom stereocenters. The van der Waals surface area contributed by atoms with Gasteiger partial charge < -0.3 is 32.5 Å². The van der Waals surface area contributed by atoms with Crippen molar-refractivity contribution in [2.45, 2.75) is 63.5 Å². The van der Waals surface area contributed by atoms with Gasteiger partial charge in [-0.2, -0.15) is 46.4 Å². The number of carbonyl (C=O) groups excluding carboxylic acids is 2. The second-order valence-electron chi connectivity index (χ2n) is 11.0. The Morgan fingerprint density at radius 3 is 2.42 bits per heavy atom. The monoisotopic (exact) mass is 1140 g/mol. The largest absolute Gasteiger partial charge is 2.00 e. The number of aliphatic hydroxyl groups excluding tert-OH is 1. The molecule has 1 aliphatic carbocycles. The summed E-state index contributed by atoms with van der Waals surface area (Å²) in [6, 6.07) is 24.6. The zero-order valence-corrected chi connectivity index (χ0v) is 37.6. The molecule has 2 N–H and O–H groups in total. The van der Waals surface area contributed by atoms with Gasteiger partial charge in [0, 0.05) is 12.1 Å². The number of fused-ring (bicyclic) bond motifs is 1. The molecule has 1 aliphatic heterocycles. The third-order valence-corrected chi connectivity index (χ3v) is 8.51. The van der Waals surface area contributed by atoms with Crippen LogP contribution in [-0.4, -0.2) is 40.7 Å². The maximum absolute atomic E-state index is 10.9. The number of carbonyl (C=O) groups is 1. The normalized spacial score (nSPS) is 13.7. The summed E-state index contributed by atoms with van der Waals surface area (Å²) < 4.78 is 5.55. The average molecular weight is 1140 g/mol. The molecule has 0 radical (unpaired) electrons. The predicted molar refractivity (Wildman–Crippen MR) is 194 cm³/mol. The summed E-state index contributed by atoms with van der Waals surface area (Å²) in [4.78, 5) is 25.9. The fraction of sp³-hybridized carbons (Fsp3) is 0.300. The van der Waals surface area contributed by atoms with Gasteiger partial charge >= 0.3 is 62.2 Å². The van der Waals surface area contributed by atoms with Crippen molar-refractivity contribution >= 4 is 29.0 Å². The van der Waals surface area contributed by atoms with Crippen LogP contribution in [0.2, 0.25) is 0 Å². The fourth-order valence-electron chi connectivity index (χ4n) is 4.66. The second-order valence-corrected chi connectivity index (χ2v) is 12.1. The number of amides is 1. The number of hydrogen-bond donors (Lipinski definition) is 2. The van der Waals surface area contributed by atoms with Crippen LogP contribution in [0.25, 0.3) is 0 Å². The number of nitriles is 1. The van der Waals surface area contributed by atoms with E-state index >= 15 is 0 Å². The minimum atomic E-state index is -0.121. The topological polar surface area (TPSA) is 112 Å². The molecule has 7 nitrogen and oxygen atoms in total. The van der Waals surface area contributed by atoms with Crippen LogP contribution in [0.1, 0.15) is 79.7 Å². The minimum absolute atomic E-state index is 0. The summed E-state index contributed by atoms with van der Waals surface area (Å²) in [7, 11) is 0. The molecule has 3 aromatic carbocycles. The van der Waals surface area contributed by atoms with E-state index in [2.05, 4.69) is 42.4 Å². The fourth-order valence-corrected chi connectivity index (χ4v) is 5.81. The van der Waals surface area contributed by atoms with Gasteiger partial charge in [0.25, 0.3) is 0 Å². The Labute approximate surface area is 349 Å². The number of nitrogens with one attached hydrogen (secondary N) is 1. The molecular formula is C40H43N3O4SU2. The van der Waals surface area contributed by atoms with Crippen molar-refractivity contribution in [2.75, 3.05) is 13.2 Å². The Morgan fingerprint density at radius 2 is 1.82 bits per heavy atom. The van der Waals surface area contributed by atoms with Gasteiger partial charge in [0.15, 0.2) is 0 Å². The number of aryl methyl sites for hydroxylation is 1. The molecule has 1 heterocycles. The molecule has 1 unspecified atom stereocenters. The van der Waals surface area contributed by atoms with Gasteiger partial charge in [0.2, 0.25) is 5.91 Å². The summed E-state index contributed by atoms with van der Waals surface area (Å²) >= 11 is 1.77. The molecule has 0 bridgehead atoms. The van der Waals surface area contributed by atoms with E-state index in [1.54, 1.807) is 36.0 Å². The van der Waals surface area contributed by atoms with Crippen LogP contribution < -0.4 is 10.1 Å². The van der Waals surface area contributed by atoms with Crippen LogP contribution in [0.15, 0.2) is 96.1 Å². The van der Waals surface area contributed by atoms with Crippen LogP contribution in [0.4, 0.5) is 0 Å². The van der Waals surface area contributed by atoms with Crippen molar-refractivity contribution in [3.63, 3.8) is 0 Å². The smallest absolute Gasteiger partial charge is 0.496 e. The molecule has 0 spiro atoms. The van der Waals surface area contributed by atoms with Crippen LogP contribution >= 0.6 is 11.8 Å². The number of ether oxygens (including phenoxy) is 1. The van der Waals surface area contributed by atoms with E-state index in [1.165, 1.54) is 18.1 Å². The second kappa shape index (κ2) is 27.2. The number of rotatable bonds is 14. The molecule has 10 heteroatoms. The average Bonchev–Trinajstić information content (AvgIpc) is 3.58. The predicted octanol–water partition coefficient (Wildman–Crippen LogP) is 8.01. The summed E-state index contributed by atoms with van der Waals surface area (Å²) in [5, 5.41) is 21.6. The number of aliphatic imine (C=N–C) groups is 1. The SMILES string of the molecule is C=CC(=O)NCCCCCCOc1ccc([C-]=O)cc1.CCCc1ccc([CH-]O)cc1.N#Cc1ccc(C2=NC3=[C-]CC[CH-]C3S2)cc1.[U+2].[U+2]. The Morgan fingerprint density at radius 1 is 1.12 bits per heavy atom. The molecule has 3 aromatic rings. The Bertz CT molecular complexity index is 1540. The standard InChI is InChI=1S/C16H20NO3.C14H10N2S.C10H13O.2U/c1-2-16(19)17-11-5-3-4-6-12-20-15-9-7-14(13-18)8-10-15;15-9-10-5-7-11(8-6-10)14-16-12-3-1-2-4-13(12)17-14;1-2-3-9-4-6-10(8-11)7-5-9;;/h2,7-10H,1,3-6,11-12H2,(H,17,19);4-8,13H,1-2H2;4-8,11H,2-3H2,1H3;;/q-1;-2;-1;2*+2. The minimum Gasteiger partial charge on any atom is -0.496 e. The third kappa shape index (κ3) is 17.2. The molecule has 5 rings (SSSR count). The Balaban J connectivity index is 0.000000381. The van der Waals surface area contributed by atoms with Crippen molar-refractivity contribution < 1.29 is 81.7 Å². The maximum atomic E-state index is 10.9. The van der Waals surface area contributed by atoms with E-state index < -0.39 is 0 Å². The van der Waals surface area contributed by atoms with Crippen molar-refractivity contribution in [1.29, 1.82) is 5.26 Å². The van der Waals surface area contributed by atoms with Gasteiger partial charge in [0.05, 0.1) is 35.3 Å². The molecule has 2 aliphatic rings. The van der Waals surface area contributed by atoms with Crippen molar-refractivity contribution in [2.24, 2.45) is 4.99 Å². The number of benzene rings is 3. The quantitative estimate of drug-likeness (QED) is 0.0963. The Kier molecular flexibility index (Phi) is 24.8. The van der Waals surface area contributed by atoms with Gasteiger partial charge in [0.1, 0.15) is 0 Å². The van der Waals surface area contributed by atoms with E-state index in [-0.39, 0.29) is 68.1 Å². The summed E-state index contributed by atoms with van der Waals surface area (Å²) in [5.41, 5.74) is 5.57. The van der Waals surface area contributed by atoms with E-state index in [4.69, 9.17) is 15.1 Å². The first-order valence-corrected chi connectivity index (χ1v) is 17.1. The number of allylic oxidation sites excluding steroid dienone is 1. The van der Waals surface area contributed by atoms with E-state index in [1.807, 2.05) is 54.8 Å². The molecule has 0 aromatic heterocycles. The summed E-state index contributed by atoms with van der Waals surface area (Å²) in [6.45, 7) is 8.02. The summed E-state index contributed by atoms with van der Waals surface area (Å²) in [6.07, 6.45) is 17.1. The zero-order valence-electron chi connectivity index (χ0n) is 28.5. The summed E-state index contributed by atoms with van der Waals surface area (Å²) in [5.74, 6) is 0.645. The van der Waals surface area contributed by atoms with E-state index in [0.29, 0.717) is 29.5 Å². The first kappa shape index (κ1) is 45.5. The van der Waals surface area contributed by atoms with Crippen LogP contribution in [0.5, 0.6) is 5.75 Å². The number of aliphatic hydroxyl groups is 1. The zero-order chi connectivity index (χ0) is 34.4. The van der Waals surface area contributed by atoms with Crippen LogP contribution in [-0.2, 0) is 16.0 Å². The van der Waals surface area contributed by atoms with E-state index in [9.17, 15) is 9.59 Å². The molecular weight excluding hydrogens is 1090 g/mol. The van der Waals surface area contributed by atoms with Crippen molar-refractivity contribution in [3.05, 3.63) is 138 Å². The molecule has 256 valence electrons. The first-order valence-electron chi connectivity index (χ1n) is 16.3. The van der Waals surface area contributed by atoms with Crippen molar-refractivity contribution in [1.82, 2.24) is 5.32 Å². The number of hydrogen-bond acceptors (Lipinski definition) is 7. The molecule has 1 amide bonds. The molecule has 0 saturated heterocycles. The van der Waals surface area contributed by atoms with Gasteiger partial charge in [-0.25, -0.2) is 12.8 Å². The number of thioether (sulfide) groups is 1. The van der Waals surface area contributed by atoms with Gasteiger partial charge in [-0.05, 0) is 37.5 Å². The van der Waals surface area contributed by atoms with Crippen LogP contribution in [0.3, 0.4) is 0 Å². The molecule has 50 heavy (non-hydrogen) atoms. The van der Waals surface area contributed by atoms with Crippen molar-refractivity contribution in [3.8, 4) is 11.8 Å². The van der Waals surface area contributed by atoms with Gasteiger partial charge in [-0.3, -0.25) is 9.79 Å². The maximum Gasteiger partial charge on any atom is 2.00 e. The third-order valence-electron chi connectivity index (χ3n) is 7.29. The van der Waals surface area contributed by atoms with Gasteiger partial charge in [-0.15, -0.1) is 29.1 Å². The first-order chi connectivity index (χ1) is 23.5. The Hall–Kier alpha value is -2.48. The number of unbranched alkanes of at least 4 members (excludes halogenated alkanes) is 3. The molecule has 0 fully saturated rings. The van der Waals surface area contributed by atoms with Gasteiger partial charge in [-0.1, -0.05) is 69.2 Å². The number of nitrogens with zero attached hydrogens (tertiary/aromatic N) is 2. The van der Waals surface area contributed by atoms with Crippen LogP contribution in [0, 0.1) is 92.7 Å². The molecule has 0 saturated carbocycles.